The van der Waals surface area contributed by atoms with Crippen molar-refractivity contribution in [2.75, 3.05) is 52.4 Å². The molecule has 1 unspecified atom stereocenters. The highest BCUT2D eigenvalue weighted by Crippen LogP contribution is 2.07. The molecular weight excluding hydrogens is 226 g/mol. The number of hydrogen-bond donors (Lipinski definition) is 2. The molecule has 0 bridgehead atoms. The summed E-state index contributed by atoms with van der Waals surface area (Å²) in [6, 6.07) is 0. The third-order valence-electron chi connectivity index (χ3n) is 3.80. The van der Waals surface area contributed by atoms with E-state index in [1.54, 1.807) is 0 Å². The smallest absolute Gasteiger partial charge is 0.0791 e. The number of nitrogens with one attached hydrogen (secondary N) is 1. The van der Waals surface area contributed by atoms with Crippen LogP contribution < -0.4 is 5.32 Å². The SMILES string of the molecule is CCN(CC)CC(O)CNCCN1CCCCC1. The predicted molar refractivity (Wildman–Crippen MR) is 77.0 cm³/mol. The predicted octanol–water partition coefficient (Wildman–Crippen LogP) is 0.765. The van der Waals surface area contributed by atoms with Crippen LogP contribution in [0.25, 0.3) is 0 Å². The van der Waals surface area contributed by atoms with Crippen molar-refractivity contribution in [3.05, 3.63) is 0 Å². The minimum Gasteiger partial charge on any atom is -0.390 e. The molecule has 0 aliphatic carbocycles. The van der Waals surface area contributed by atoms with Crippen molar-refractivity contribution in [3.63, 3.8) is 0 Å². The molecule has 1 atom stereocenters. The van der Waals surface area contributed by atoms with Crippen LogP contribution in [-0.2, 0) is 0 Å². The first-order valence-electron chi connectivity index (χ1n) is 7.59. The van der Waals surface area contributed by atoms with Gasteiger partial charge in [0.2, 0.25) is 0 Å². The average Bonchev–Trinajstić information content (AvgIpc) is 2.42. The highest BCUT2D eigenvalue weighted by Gasteiger charge is 2.10. The molecule has 4 heteroatoms. The Morgan fingerprint density at radius 3 is 2.44 bits per heavy atom. The Hall–Kier alpha value is -0.160. The molecule has 0 aromatic heterocycles. The molecule has 0 amide bonds. The third-order valence-corrected chi connectivity index (χ3v) is 3.80. The van der Waals surface area contributed by atoms with Gasteiger partial charge in [-0.15, -0.1) is 0 Å². The maximum atomic E-state index is 9.90. The summed E-state index contributed by atoms with van der Waals surface area (Å²) in [6.45, 7) is 12.4. The average molecular weight is 257 g/mol. The third kappa shape index (κ3) is 6.69. The van der Waals surface area contributed by atoms with Crippen molar-refractivity contribution in [2.24, 2.45) is 0 Å². The number of rotatable bonds is 9. The van der Waals surface area contributed by atoms with Gasteiger partial charge in [-0.25, -0.2) is 0 Å². The van der Waals surface area contributed by atoms with E-state index < -0.39 is 0 Å². The van der Waals surface area contributed by atoms with Crippen LogP contribution in [0.3, 0.4) is 0 Å². The van der Waals surface area contributed by atoms with Gasteiger partial charge in [0.15, 0.2) is 0 Å². The first-order valence-corrected chi connectivity index (χ1v) is 7.59. The van der Waals surface area contributed by atoms with E-state index in [-0.39, 0.29) is 6.10 Å². The van der Waals surface area contributed by atoms with Crippen molar-refractivity contribution in [1.29, 1.82) is 0 Å². The molecule has 2 N–H and O–H groups in total. The number of nitrogens with zero attached hydrogens (tertiary/aromatic N) is 2. The standard InChI is InChI=1S/C14H31N3O/c1-3-16(4-2)13-14(18)12-15-8-11-17-9-6-5-7-10-17/h14-15,18H,3-13H2,1-2H3. The van der Waals surface area contributed by atoms with Crippen LogP contribution in [0.1, 0.15) is 33.1 Å². The summed E-state index contributed by atoms with van der Waals surface area (Å²) in [5.74, 6) is 0. The highest BCUT2D eigenvalue weighted by molar-refractivity contribution is 4.68. The number of hydrogen-bond acceptors (Lipinski definition) is 4. The van der Waals surface area contributed by atoms with Gasteiger partial charge in [0.25, 0.3) is 0 Å². The number of piperidine rings is 1. The monoisotopic (exact) mass is 257 g/mol. The molecule has 1 heterocycles. The Kier molecular flexibility index (Phi) is 8.59. The Morgan fingerprint density at radius 1 is 1.17 bits per heavy atom. The van der Waals surface area contributed by atoms with Crippen LogP contribution in [0.4, 0.5) is 0 Å². The lowest BCUT2D eigenvalue weighted by Gasteiger charge is -2.27. The Labute approximate surface area is 112 Å². The summed E-state index contributed by atoms with van der Waals surface area (Å²) in [7, 11) is 0. The molecule has 0 saturated carbocycles. The summed E-state index contributed by atoms with van der Waals surface area (Å²) in [5.41, 5.74) is 0. The largest absolute Gasteiger partial charge is 0.390 e. The van der Waals surface area contributed by atoms with Crippen LogP contribution in [0.5, 0.6) is 0 Å². The summed E-state index contributed by atoms with van der Waals surface area (Å²) >= 11 is 0. The summed E-state index contributed by atoms with van der Waals surface area (Å²) in [6.07, 6.45) is 3.85. The zero-order chi connectivity index (χ0) is 13.2. The summed E-state index contributed by atoms with van der Waals surface area (Å²) in [5, 5.41) is 13.3. The van der Waals surface area contributed by atoms with Gasteiger partial charge in [-0.2, -0.15) is 0 Å². The summed E-state index contributed by atoms with van der Waals surface area (Å²) < 4.78 is 0. The van der Waals surface area contributed by atoms with Gasteiger partial charge in [-0.05, 0) is 39.0 Å². The lowest BCUT2D eigenvalue weighted by atomic mass is 10.1. The number of likely N-dealkylation sites (N-methyl/N-ethyl adjacent to an activating group) is 1. The number of likely N-dealkylation sites (tertiary alicyclic amines) is 1. The van der Waals surface area contributed by atoms with Gasteiger partial charge in [0.05, 0.1) is 6.10 Å². The fourth-order valence-corrected chi connectivity index (χ4v) is 2.53. The maximum absolute atomic E-state index is 9.90. The fourth-order valence-electron chi connectivity index (χ4n) is 2.53. The Morgan fingerprint density at radius 2 is 1.83 bits per heavy atom. The number of aliphatic hydroxyl groups is 1. The van der Waals surface area contributed by atoms with Gasteiger partial charge >= 0.3 is 0 Å². The summed E-state index contributed by atoms with van der Waals surface area (Å²) in [4.78, 5) is 4.78. The first kappa shape index (κ1) is 15.9. The molecule has 1 fully saturated rings. The molecule has 0 spiro atoms. The van der Waals surface area contributed by atoms with E-state index in [1.165, 1.54) is 32.4 Å². The molecule has 18 heavy (non-hydrogen) atoms. The molecule has 0 aromatic carbocycles. The zero-order valence-corrected chi connectivity index (χ0v) is 12.2. The second-order valence-corrected chi connectivity index (χ2v) is 5.25. The molecule has 0 radical (unpaired) electrons. The normalized spacial score (nSPS) is 19.3. The fraction of sp³-hybridized carbons (Fsp3) is 1.00. The second-order valence-electron chi connectivity index (χ2n) is 5.25. The first-order chi connectivity index (χ1) is 8.76. The Bertz CT molecular complexity index is 191. The minimum atomic E-state index is -0.244. The van der Waals surface area contributed by atoms with Crippen molar-refractivity contribution in [2.45, 2.75) is 39.2 Å². The quantitative estimate of drug-likeness (QED) is 0.598. The van der Waals surface area contributed by atoms with Gasteiger partial charge in [-0.1, -0.05) is 20.3 Å². The zero-order valence-electron chi connectivity index (χ0n) is 12.2. The van der Waals surface area contributed by atoms with Crippen LogP contribution in [0.2, 0.25) is 0 Å². The number of aliphatic hydroxyl groups excluding tert-OH is 1. The lowest BCUT2D eigenvalue weighted by molar-refractivity contribution is 0.115. The molecule has 4 nitrogen and oxygen atoms in total. The van der Waals surface area contributed by atoms with E-state index >= 15 is 0 Å². The van der Waals surface area contributed by atoms with E-state index in [0.29, 0.717) is 6.54 Å². The molecule has 1 aliphatic heterocycles. The van der Waals surface area contributed by atoms with E-state index in [9.17, 15) is 5.11 Å². The van der Waals surface area contributed by atoms with Crippen LogP contribution >= 0.6 is 0 Å². The Balaban J connectivity index is 1.99. The van der Waals surface area contributed by atoms with Crippen molar-refractivity contribution in [3.8, 4) is 0 Å². The van der Waals surface area contributed by atoms with Gasteiger partial charge < -0.3 is 20.2 Å². The van der Waals surface area contributed by atoms with Gasteiger partial charge in [0.1, 0.15) is 0 Å². The van der Waals surface area contributed by atoms with Crippen molar-refractivity contribution >= 4 is 0 Å². The van der Waals surface area contributed by atoms with E-state index in [1.807, 2.05) is 0 Å². The van der Waals surface area contributed by atoms with E-state index in [4.69, 9.17) is 0 Å². The van der Waals surface area contributed by atoms with Crippen LogP contribution in [0.15, 0.2) is 0 Å². The second kappa shape index (κ2) is 9.73. The van der Waals surface area contributed by atoms with Crippen molar-refractivity contribution in [1.82, 2.24) is 15.1 Å². The molecule has 108 valence electrons. The van der Waals surface area contributed by atoms with E-state index in [0.717, 1.165) is 32.7 Å². The maximum Gasteiger partial charge on any atom is 0.0791 e. The molecule has 1 aliphatic rings. The van der Waals surface area contributed by atoms with E-state index in [2.05, 4.69) is 29.0 Å². The van der Waals surface area contributed by atoms with Gasteiger partial charge in [-0.3, -0.25) is 0 Å². The van der Waals surface area contributed by atoms with Crippen LogP contribution in [-0.4, -0.2) is 73.4 Å². The minimum absolute atomic E-state index is 0.244. The van der Waals surface area contributed by atoms with Crippen molar-refractivity contribution < 1.29 is 5.11 Å². The molecule has 0 aromatic rings. The lowest BCUT2D eigenvalue weighted by Crippen LogP contribution is -2.41. The molecule has 1 rings (SSSR count). The molecular formula is C14H31N3O. The highest BCUT2D eigenvalue weighted by atomic mass is 16.3. The molecule has 1 saturated heterocycles. The topological polar surface area (TPSA) is 38.7 Å². The van der Waals surface area contributed by atoms with Gasteiger partial charge in [0, 0.05) is 26.2 Å². The van der Waals surface area contributed by atoms with Crippen LogP contribution in [0, 0.1) is 0 Å².